The number of hydrazone groups is 1. The minimum Gasteiger partial charge on any atom is -0.454 e. The molecule has 0 aromatic heterocycles. The first-order valence-corrected chi connectivity index (χ1v) is 7.71. The third kappa shape index (κ3) is 4.23. The van der Waals surface area contributed by atoms with Crippen molar-refractivity contribution in [2.24, 2.45) is 5.10 Å². The Labute approximate surface area is 141 Å². The molecule has 1 heterocycles. The van der Waals surface area contributed by atoms with Crippen molar-refractivity contribution in [3.63, 3.8) is 0 Å². The summed E-state index contributed by atoms with van der Waals surface area (Å²) in [5.41, 5.74) is 4.15. The molecule has 3 rings (SSSR count). The molecule has 0 radical (unpaired) electrons. The van der Waals surface area contributed by atoms with Gasteiger partial charge < -0.3 is 14.8 Å². The van der Waals surface area contributed by atoms with E-state index in [1.165, 1.54) is 0 Å². The number of ether oxygens (including phenoxy) is 2. The maximum absolute atomic E-state index is 11.7. The zero-order valence-electron chi connectivity index (χ0n) is 12.1. The number of carbonyl (C=O) groups excluding carboxylic acids is 1. The molecule has 0 unspecified atom stereocenters. The summed E-state index contributed by atoms with van der Waals surface area (Å²) >= 11 is 3.36. The molecule has 2 N–H and O–H groups in total. The fourth-order valence-corrected chi connectivity index (χ4v) is 2.23. The van der Waals surface area contributed by atoms with Gasteiger partial charge in [-0.05, 0) is 48.0 Å². The van der Waals surface area contributed by atoms with Crippen LogP contribution in [0.2, 0.25) is 0 Å². The molecular weight excluding hydrogens is 362 g/mol. The maximum atomic E-state index is 11.7. The molecule has 2 aromatic rings. The molecule has 0 bridgehead atoms. The van der Waals surface area contributed by atoms with Crippen molar-refractivity contribution in [3.05, 3.63) is 52.5 Å². The van der Waals surface area contributed by atoms with Gasteiger partial charge in [-0.3, -0.25) is 4.79 Å². The number of carbonyl (C=O) groups is 1. The van der Waals surface area contributed by atoms with Crippen molar-refractivity contribution in [1.29, 1.82) is 0 Å². The Balaban J connectivity index is 1.47. The molecule has 0 saturated heterocycles. The molecule has 0 saturated carbocycles. The van der Waals surface area contributed by atoms with Crippen LogP contribution in [0.3, 0.4) is 0 Å². The number of anilines is 1. The van der Waals surface area contributed by atoms with Gasteiger partial charge in [-0.25, -0.2) is 5.43 Å². The van der Waals surface area contributed by atoms with E-state index in [1.807, 2.05) is 30.3 Å². The van der Waals surface area contributed by atoms with E-state index < -0.39 is 0 Å². The summed E-state index contributed by atoms with van der Waals surface area (Å²) in [4.78, 5) is 11.7. The third-order valence-electron chi connectivity index (χ3n) is 3.10. The molecule has 0 atom stereocenters. The van der Waals surface area contributed by atoms with Gasteiger partial charge in [-0.1, -0.05) is 15.9 Å². The lowest BCUT2D eigenvalue weighted by atomic mass is 10.2. The number of amides is 1. The van der Waals surface area contributed by atoms with Crippen LogP contribution >= 0.6 is 15.9 Å². The largest absolute Gasteiger partial charge is 0.454 e. The second kappa shape index (κ2) is 7.15. The van der Waals surface area contributed by atoms with E-state index in [4.69, 9.17) is 9.47 Å². The second-order valence-corrected chi connectivity index (χ2v) is 5.68. The summed E-state index contributed by atoms with van der Waals surface area (Å²) in [6.45, 7) is 0.370. The summed E-state index contributed by atoms with van der Waals surface area (Å²) < 4.78 is 11.5. The van der Waals surface area contributed by atoms with Crippen LogP contribution in [0.25, 0.3) is 0 Å². The van der Waals surface area contributed by atoms with E-state index in [2.05, 4.69) is 31.8 Å². The predicted molar refractivity (Wildman–Crippen MR) is 90.9 cm³/mol. The number of hydrogen-bond donors (Lipinski definition) is 2. The zero-order chi connectivity index (χ0) is 16.1. The lowest BCUT2D eigenvalue weighted by Crippen LogP contribution is -2.25. The van der Waals surface area contributed by atoms with Crippen LogP contribution in [-0.4, -0.2) is 25.5 Å². The SMILES string of the molecule is O=C(CNc1ccc(Br)cc1)N/N=C/c1ccc2c(c1)OCO2. The molecule has 0 spiro atoms. The maximum Gasteiger partial charge on any atom is 0.259 e. The Morgan fingerprint density at radius 1 is 1.17 bits per heavy atom. The smallest absolute Gasteiger partial charge is 0.259 e. The highest BCUT2D eigenvalue weighted by atomic mass is 79.9. The standard InChI is InChI=1S/C16H14BrN3O3/c17-12-2-4-13(5-3-12)18-9-16(21)20-19-8-11-1-6-14-15(7-11)23-10-22-14/h1-8,18H,9-10H2,(H,20,21)/b19-8+. The van der Waals surface area contributed by atoms with Gasteiger partial charge in [0.15, 0.2) is 11.5 Å². The highest BCUT2D eigenvalue weighted by Gasteiger charge is 2.12. The summed E-state index contributed by atoms with van der Waals surface area (Å²) in [5, 5.41) is 6.94. The Bertz CT molecular complexity index is 732. The predicted octanol–water partition coefficient (Wildman–Crippen LogP) is 2.74. The van der Waals surface area contributed by atoms with Crippen molar-refractivity contribution >= 4 is 33.7 Å². The Morgan fingerprint density at radius 2 is 1.96 bits per heavy atom. The van der Waals surface area contributed by atoms with Gasteiger partial charge in [0, 0.05) is 10.2 Å². The number of nitrogens with zero attached hydrogens (tertiary/aromatic N) is 1. The summed E-state index contributed by atoms with van der Waals surface area (Å²) in [6, 6.07) is 13.0. The highest BCUT2D eigenvalue weighted by Crippen LogP contribution is 2.31. The van der Waals surface area contributed by atoms with E-state index in [0.29, 0.717) is 11.5 Å². The number of hydrogen-bond acceptors (Lipinski definition) is 5. The zero-order valence-corrected chi connectivity index (χ0v) is 13.7. The van der Waals surface area contributed by atoms with E-state index in [-0.39, 0.29) is 19.2 Å². The monoisotopic (exact) mass is 375 g/mol. The van der Waals surface area contributed by atoms with Crippen molar-refractivity contribution in [1.82, 2.24) is 5.43 Å². The molecule has 0 aliphatic carbocycles. The topological polar surface area (TPSA) is 72.0 Å². The van der Waals surface area contributed by atoms with Gasteiger partial charge >= 0.3 is 0 Å². The molecule has 1 aliphatic rings. The Kier molecular flexibility index (Phi) is 4.77. The first-order valence-electron chi connectivity index (χ1n) is 6.92. The van der Waals surface area contributed by atoms with Gasteiger partial charge in [0.05, 0.1) is 12.8 Å². The Morgan fingerprint density at radius 3 is 2.78 bits per heavy atom. The van der Waals surface area contributed by atoms with Gasteiger partial charge in [0.1, 0.15) is 0 Å². The number of halogens is 1. The molecular formula is C16H14BrN3O3. The summed E-state index contributed by atoms with van der Waals surface area (Å²) in [6.07, 6.45) is 1.56. The van der Waals surface area contributed by atoms with Crippen LogP contribution < -0.4 is 20.2 Å². The quantitative estimate of drug-likeness (QED) is 0.622. The van der Waals surface area contributed by atoms with Crippen LogP contribution in [0.15, 0.2) is 52.0 Å². The average molecular weight is 376 g/mol. The minimum absolute atomic E-state index is 0.139. The molecule has 23 heavy (non-hydrogen) atoms. The number of fused-ring (bicyclic) bond motifs is 1. The number of benzene rings is 2. The second-order valence-electron chi connectivity index (χ2n) is 4.77. The molecule has 0 fully saturated rings. The van der Waals surface area contributed by atoms with Crippen LogP contribution in [0.5, 0.6) is 11.5 Å². The fourth-order valence-electron chi connectivity index (χ4n) is 1.96. The molecule has 7 heteroatoms. The van der Waals surface area contributed by atoms with Gasteiger partial charge in [0.25, 0.3) is 5.91 Å². The fraction of sp³-hybridized carbons (Fsp3) is 0.125. The van der Waals surface area contributed by atoms with Crippen LogP contribution in [0, 0.1) is 0 Å². The molecule has 1 aliphatic heterocycles. The lowest BCUT2D eigenvalue weighted by Gasteiger charge is -2.05. The number of nitrogens with one attached hydrogen (secondary N) is 2. The van der Waals surface area contributed by atoms with Crippen LogP contribution in [0.4, 0.5) is 5.69 Å². The first-order chi connectivity index (χ1) is 11.2. The summed E-state index contributed by atoms with van der Waals surface area (Å²) in [7, 11) is 0. The van der Waals surface area contributed by atoms with Gasteiger partial charge in [-0.15, -0.1) is 0 Å². The van der Waals surface area contributed by atoms with E-state index in [9.17, 15) is 4.79 Å². The lowest BCUT2D eigenvalue weighted by molar-refractivity contribution is -0.119. The third-order valence-corrected chi connectivity index (χ3v) is 3.63. The van der Waals surface area contributed by atoms with E-state index in [1.54, 1.807) is 18.3 Å². The van der Waals surface area contributed by atoms with Crippen molar-refractivity contribution in [2.45, 2.75) is 0 Å². The first kappa shape index (κ1) is 15.4. The Hall–Kier alpha value is -2.54. The molecule has 2 aromatic carbocycles. The van der Waals surface area contributed by atoms with E-state index in [0.717, 1.165) is 15.7 Å². The normalized spacial score (nSPS) is 12.4. The van der Waals surface area contributed by atoms with E-state index >= 15 is 0 Å². The summed E-state index contributed by atoms with van der Waals surface area (Å²) in [5.74, 6) is 1.16. The van der Waals surface area contributed by atoms with Crippen molar-refractivity contribution < 1.29 is 14.3 Å². The average Bonchev–Trinajstić information content (AvgIpc) is 3.02. The minimum atomic E-state index is -0.232. The highest BCUT2D eigenvalue weighted by molar-refractivity contribution is 9.10. The molecule has 6 nitrogen and oxygen atoms in total. The van der Waals surface area contributed by atoms with Crippen molar-refractivity contribution in [2.75, 3.05) is 18.7 Å². The van der Waals surface area contributed by atoms with Crippen LogP contribution in [0.1, 0.15) is 5.56 Å². The van der Waals surface area contributed by atoms with Crippen molar-refractivity contribution in [3.8, 4) is 11.5 Å². The van der Waals surface area contributed by atoms with Crippen LogP contribution in [-0.2, 0) is 4.79 Å². The van der Waals surface area contributed by atoms with Gasteiger partial charge in [0.2, 0.25) is 6.79 Å². The van der Waals surface area contributed by atoms with Gasteiger partial charge in [-0.2, -0.15) is 5.10 Å². The molecule has 1 amide bonds. The molecule has 118 valence electrons. The number of rotatable bonds is 5.